The number of benzene rings is 1. The summed E-state index contributed by atoms with van der Waals surface area (Å²) < 4.78 is 19.5. The number of thiazole rings is 1. The maximum atomic E-state index is 14.8. The van der Waals surface area contributed by atoms with E-state index >= 15 is 0 Å². The molecule has 12 heteroatoms. The molecule has 1 N–H and O–H groups in total. The topological polar surface area (TPSA) is 93.2 Å². The number of carbonyl (C=O) groups excluding carboxylic acids is 1. The molecule has 172 valence electrons. The third-order valence-electron chi connectivity index (χ3n) is 5.64. The maximum Gasteiger partial charge on any atom is 0.234 e. The second kappa shape index (κ2) is 8.78. The van der Waals surface area contributed by atoms with Crippen molar-refractivity contribution in [1.29, 1.82) is 0 Å². The molecule has 1 aliphatic rings. The quantitative estimate of drug-likeness (QED) is 0.385. The van der Waals surface area contributed by atoms with Crippen LogP contribution in [0.3, 0.4) is 0 Å². The first-order chi connectivity index (χ1) is 16.6. The first-order valence-corrected chi connectivity index (χ1v) is 12.3. The van der Waals surface area contributed by atoms with Crippen molar-refractivity contribution in [2.24, 2.45) is 0 Å². The SMILES string of the molecule is O=C(CCN1CCn2ccnc2C1)Nc1nc2cc(F)c(Sc3cnc4ncccn34)cc2s1. The van der Waals surface area contributed by atoms with Crippen molar-refractivity contribution in [2.45, 2.75) is 29.4 Å². The Hall–Kier alpha value is -3.35. The molecular weight excluding hydrogens is 475 g/mol. The minimum atomic E-state index is -0.372. The Kier molecular flexibility index (Phi) is 5.47. The molecule has 4 aromatic heterocycles. The highest BCUT2D eigenvalue weighted by atomic mass is 32.2. The molecule has 0 fully saturated rings. The van der Waals surface area contributed by atoms with Crippen LogP contribution in [-0.2, 0) is 17.9 Å². The number of amides is 1. The predicted octanol–water partition coefficient (Wildman–Crippen LogP) is 3.67. The summed E-state index contributed by atoms with van der Waals surface area (Å²) in [5, 5.41) is 4.09. The van der Waals surface area contributed by atoms with Gasteiger partial charge >= 0.3 is 0 Å². The summed E-state index contributed by atoms with van der Waals surface area (Å²) in [6.07, 6.45) is 9.32. The number of fused-ring (bicyclic) bond motifs is 3. The lowest BCUT2D eigenvalue weighted by Gasteiger charge is -2.27. The number of hydrogen-bond acceptors (Lipinski definition) is 8. The van der Waals surface area contributed by atoms with Gasteiger partial charge in [0.25, 0.3) is 0 Å². The lowest BCUT2D eigenvalue weighted by atomic mass is 10.3. The van der Waals surface area contributed by atoms with Gasteiger partial charge in [-0.1, -0.05) is 23.1 Å². The van der Waals surface area contributed by atoms with Crippen LogP contribution in [0, 0.1) is 5.82 Å². The molecule has 5 heterocycles. The molecule has 9 nitrogen and oxygen atoms in total. The minimum absolute atomic E-state index is 0.110. The number of imidazole rings is 2. The maximum absolute atomic E-state index is 14.8. The van der Waals surface area contributed by atoms with E-state index in [4.69, 9.17) is 0 Å². The number of halogens is 1. The van der Waals surface area contributed by atoms with Crippen LogP contribution in [0.2, 0.25) is 0 Å². The van der Waals surface area contributed by atoms with Gasteiger partial charge in [0.05, 0.1) is 27.9 Å². The largest absolute Gasteiger partial charge is 0.333 e. The van der Waals surface area contributed by atoms with E-state index in [0.717, 1.165) is 35.2 Å². The molecule has 0 unspecified atom stereocenters. The fourth-order valence-corrected chi connectivity index (χ4v) is 5.79. The van der Waals surface area contributed by atoms with Crippen LogP contribution < -0.4 is 5.32 Å². The Morgan fingerprint density at radius 1 is 1.18 bits per heavy atom. The Balaban J connectivity index is 1.12. The zero-order valence-corrected chi connectivity index (χ0v) is 19.5. The van der Waals surface area contributed by atoms with Crippen LogP contribution in [0.5, 0.6) is 0 Å². The van der Waals surface area contributed by atoms with E-state index in [1.54, 1.807) is 30.7 Å². The number of anilines is 1. The molecule has 0 atom stereocenters. The highest BCUT2D eigenvalue weighted by molar-refractivity contribution is 7.99. The summed E-state index contributed by atoms with van der Waals surface area (Å²) in [6.45, 7) is 3.16. The van der Waals surface area contributed by atoms with Gasteiger partial charge < -0.3 is 9.88 Å². The third-order valence-corrected chi connectivity index (χ3v) is 7.61. The smallest absolute Gasteiger partial charge is 0.234 e. The van der Waals surface area contributed by atoms with Crippen LogP contribution in [0.4, 0.5) is 9.52 Å². The third kappa shape index (κ3) is 4.15. The van der Waals surface area contributed by atoms with E-state index in [0.29, 0.717) is 34.3 Å². The first kappa shape index (κ1) is 21.2. The van der Waals surface area contributed by atoms with Gasteiger partial charge in [0.15, 0.2) is 5.13 Å². The second-order valence-electron chi connectivity index (χ2n) is 7.87. The normalized spacial score (nSPS) is 14.0. The van der Waals surface area contributed by atoms with Crippen molar-refractivity contribution in [3.63, 3.8) is 0 Å². The number of carbonyl (C=O) groups is 1. The van der Waals surface area contributed by atoms with Gasteiger partial charge in [-0.15, -0.1) is 0 Å². The predicted molar refractivity (Wildman–Crippen MR) is 127 cm³/mol. The molecule has 0 radical (unpaired) electrons. The van der Waals surface area contributed by atoms with Crippen molar-refractivity contribution in [2.75, 3.05) is 18.4 Å². The van der Waals surface area contributed by atoms with E-state index < -0.39 is 0 Å². The van der Waals surface area contributed by atoms with E-state index in [-0.39, 0.29) is 11.7 Å². The molecular formula is C22H19FN8OS2. The average Bonchev–Trinajstić information content (AvgIpc) is 3.56. The summed E-state index contributed by atoms with van der Waals surface area (Å²) in [6, 6.07) is 4.96. The van der Waals surface area contributed by atoms with Gasteiger partial charge in [0.2, 0.25) is 11.7 Å². The average molecular weight is 495 g/mol. The zero-order valence-electron chi connectivity index (χ0n) is 17.9. The lowest BCUT2D eigenvalue weighted by Crippen LogP contribution is -2.35. The van der Waals surface area contributed by atoms with Crippen LogP contribution in [-0.4, -0.2) is 52.8 Å². The van der Waals surface area contributed by atoms with Crippen LogP contribution in [0.1, 0.15) is 12.2 Å². The van der Waals surface area contributed by atoms with Gasteiger partial charge in [-0.05, 0) is 12.1 Å². The van der Waals surface area contributed by atoms with E-state index in [9.17, 15) is 9.18 Å². The fraction of sp³-hybridized carbons (Fsp3) is 0.227. The van der Waals surface area contributed by atoms with E-state index in [1.807, 2.05) is 16.8 Å². The fourth-order valence-electron chi connectivity index (χ4n) is 3.91. The lowest BCUT2D eigenvalue weighted by molar-refractivity contribution is -0.116. The van der Waals surface area contributed by atoms with Crippen molar-refractivity contribution in [3.05, 3.63) is 60.8 Å². The molecule has 0 aliphatic carbocycles. The van der Waals surface area contributed by atoms with Crippen molar-refractivity contribution >= 4 is 50.1 Å². The molecule has 5 aromatic rings. The highest BCUT2D eigenvalue weighted by Crippen LogP contribution is 2.35. The molecule has 1 aliphatic heterocycles. The number of nitrogens with one attached hydrogen (secondary N) is 1. The van der Waals surface area contributed by atoms with Gasteiger partial charge in [0, 0.05) is 56.9 Å². The zero-order chi connectivity index (χ0) is 23.1. The number of nitrogens with zero attached hydrogens (tertiary/aromatic N) is 7. The van der Waals surface area contributed by atoms with Gasteiger partial charge in [-0.25, -0.2) is 24.3 Å². The van der Waals surface area contributed by atoms with E-state index in [1.165, 1.54) is 29.2 Å². The monoisotopic (exact) mass is 494 g/mol. The molecule has 0 saturated heterocycles. The van der Waals surface area contributed by atoms with Crippen LogP contribution in [0.25, 0.3) is 16.0 Å². The van der Waals surface area contributed by atoms with Gasteiger partial charge in [0.1, 0.15) is 16.7 Å². The molecule has 0 bridgehead atoms. The molecule has 34 heavy (non-hydrogen) atoms. The van der Waals surface area contributed by atoms with Crippen molar-refractivity contribution in [3.8, 4) is 0 Å². The van der Waals surface area contributed by atoms with E-state index in [2.05, 4.69) is 34.7 Å². The number of hydrogen-bond donors (Lipinski definition) is 1. The van der Waals surface area contributed by atoms with Crippen molar-refractivity contribution < 1.29 is 9.18 Å². The number of aromatic nitrogens is 6. The molecule has 6 rings (SSSR count). The van der Waals surface area contributed by atoms with Crippen molar-refractivity contribution in [1.82, 2.24) is 33.8 Å². The second-order valence-corrected chi connectivity index (χ2v) is 9.96. The Labute approximate surface area is 201 Å². The first-order valence-electron chi connectivity index (χ1n) is 10.7. The minimum Gasteiger partial charge on any atom is -0.333 e. The molecule has 1 amide bonds. The summed E-state index contributed by atoms with van der Waals surface area (Å²) in [5.41, 5.74) is 0.518. The molecule has 0 spiro atoms. The number of rotatable bonds is 6. The molecule has 0 saturated carbocycles. The Morgan fingerprint density at radius 3 is 3.06 bits per heavy atom. The Bertz CT molecular complexity index is 1510. The van der Waals surface area contributed by atoms with Gasteiger partial charge in [-0.3, -0.25) is 14.1 Å². The summed E-state index contributed by atoms with van der Waals surface area (Å²) in [5.74, 6) is 1.10. The standard InChI is InChI=1S/C22H19FN8OS2/c23-14-10-15-17(11-16(14)33-20-12-26-21-25-3-1-5-31(20)21)34-22(27-15)28-19(32)2-6-29-8-9-30-7-4-24-18(30)13-29/h1,3-5,7,10-12H,2,6,8-9,13H2,(H,27,28,32). The highest BCUT2D eigenvalue weighted by Gasteiger charge is 2.18. The Morgan fingerprint density at radius 2 is 2.12 bits per heavy atom. The van der Waals surface area contributed by atoms with Crippen LogP contribution >= 0.6 is 23.1 Å². The summed E-state index contributed by atoms with van der Waals surface area (Å²) in [4.78, 5) is 32.4. The summed E-state index contributed by atoms with van der Waals surface area (Å²) >= 11 is 2.61. The van der Waals surface area contributed by atoms with Crippen LogP contribution in [0.15, 0.2) is 59.1 Å². The van der Waals surface area contributed by atoms with Gasteiger partial charge in [-0.2, -0.15) is 0 Å². The summed E-state index contributed by atoms with van der Waals surface area (Å²) in [7, 11) is 0. The molecule has 1 aromatic carbocycles.